The molecule has 5 rings (SSSR count). The molecule has 0 saturated heterocycles. The standard InChI is InChI=1S/C27H24ClN7O4/c1-27(2,13-31-25(36)17-8-3-4-9-18(17)26(37)38)14-35-19-10-11-30-20(15-6-5-7-16(28)12-15)21(19)32-24(35)22-23(29)34-39-33-22/h3-12H,13-14H2,1-2H3,(H2,29,34)(H,31,36)(H,37,38). The molecule has 3 aromatic heterocycles. The number of nitrogen functional groups attached to an aromatic ring is 1. The minimum Gasteiger partial charge on any atom is -0.478 e. The fourth-order valence-electron chi connectivity index (χ4n) is 4.36. The maximum atomic E-state index is 12.9. The number of aromatic nitrogens is 5. The van der Waals surface area contributed by atoms with E-state index >= 15 is 0 Å². The van der Waals surface area contributed by atoms with E-state index in [0.29, 0.717) is 28.6 Å². The number of nitrogens with two attached hydrogens (primary N) is 1. The van der Waals surface area contributed by atoms with Crippen LogP contribution in [0, 0.1) is 5.41 Å². The van der Waals surface area contributed by atoms with Gasteiger partial charge in [-0.15, -0.1) is 0 Å². The highest BCUT2D eigenvalue weighted by molar-refractivity contribution is 6.30. The Kier molecular flexibility index (Phi) is 6.75. The van der Waals surface area contributed by atoms with E-state index in [-0.39, 0.29) is 29.2 Å². The smallest absolute Gasteiger partial charge is 0.336 e. The molecule has 11 nitrogen and oxygen atoms in total. The van der Waals surface area contributed by atoms with Crippen LogP contribution in [-0.4, -0.2) is 48.4 Å². The van der Waals surface area contributed by atoms with Crippen molar-refractivity contribution in [3.05, 3.63) is 76.9 Å². The van der Waals surface area contributed by atoms with E-state index in [0.717, 1.165) is 11.1 Å². The lowest BCUT2D eigenvalue weighted by molar-refractivity contribution is 0.0690. The molecular formula is C27H24ClN7O4. The highest BCUT2D eigenvalue weighted by Gasteiger charge is 2.28. The van der Waals surface area contributed by atoms with E-state index in [9.17, 15) is 14.7 Å². The van der Waals surface area contributed by atoms with Crippen LogP contribution in [-0.2, 0) is 6.54 Å². The largest absolute Gasteiger partial charge is 0.478 e. The van der Waals surface area contributed by atoms with Crippen LogP contribution in [0.15, 0.2) is 65.4 Å². The van der Waals surface area contributed by atoms with Crippen LogP contribution < -0.4 is 11.1 Å². The molecule has 1 amide bonds. The second-order valence-electron chi connectivity index (χ2n) is 9.75. The van der Waals surface area contributed by atoms with Gasteiger partial charge in [-0.05, 0) is 40.6 Å². The summed E-state index contributed by atoms with van der Waals surface area (Å²) >= 11 is 6.24. The third-order valence-corrected chi connectivity index (χ3v) is 6.44. The number of hydrogen-bond acceptors (Lipinski definition) is 8. The Balaban J connectivity index is 1.52. The number of carboxylic acids is 1. The number of imidazole rings is 1. The number of aromatic carboxylic acids is 1. The molecule has 0 atom stereocenters. The van der Waals surface area contributed by atoms with Gasteiger partial charge < -0.3 is 20.7 Å². The summed E-state index contributed by atoms with van der Waals surface area (Å²) < 4.78 is 6.78. The lowest BCUT2D eigenvalue weighted by Gasteiger charge is -2.27. The Bertz CT molecular complexity index is 1710. The van der Waals surface area contributed by atoms with E-state index in [1.165, 1.54) is 12.1 Å². The summed E-state index contributed by atoms with van der Waals surface area (Å²) in [5.74, 6) is -1.14. The highest BCUT2D eigenvalue weighted by Crippen LogP contribution is 2.34. The molecule has 2 aromatic carbocycles. The fourth-order valence-corrected chi connectivity index (χ4v) is 4.55. The fraction of sp³-hybridized carbons (Fsp3) is 0.185. The predicted molar refractivity (Wildman–Crippen MR) is 145 cm³/mol. The topological polar surface area (TPSA) is 162 Å². The van der Waals surface area contributed by atoms with Gasteiger partial charge in [-0.2, -0.15) is 0 Å². The van der Waals surface area contributed by atoms with E-state index in [4.69, 9.17) is 26.9 Å². The molecule has 0 aliphatic rings. The molecule has 0 spiro atoms. The Morgan fingerprint density at radius 1 is 1.08 bits per heavy atom. The Morgan fingerprint density at radius 3 is 2.54 bits per heavy atom. The second kappa shape index (κ2) is 10.2. The van der Waals surface area contributed by atoms with Crippen LogP contribution in [0.3, 0.4) is 0 Å². The van der Waals surface area contributed by atoms with Crippen molar-refractivity contribution in [3.63, 3.8) is 0 Å². The number of benzene rings is 2. The molecule has 198 valence electrons. The molecule has 5 aromatic rings. The van der Waals surface area contributed by atoms with Crippen LogP contribution in [0.25, 0.3) is 33.8 Å². The third kappa shape index (κ3) is 5.16. The number of anilines is 1. The number of carbonyl (C=O) groups excluding carboxylic acids is 1. The normalized spacial score (nSPS) is 11.6. The van der Waals surface area contributed by atoms with Crippen LogP contribution in [0.2, 0.25) is 5.02 Å². The molecule has 0 unspecified atom stereocenters. The van der Waals surface area contributed by atoms with E-state index < -0.39 is 17.3 Å². The summed E-state index contributed by atoms with van der Waals surface area (Å²) in [4.78, 5) is 33.9. The van der Waals surface area contributed by atoms with Gasteiger partial charge in [-0.1, -0.05) is 49.7 Å². The molecule has 39 heavy (non-hydrogen) atoms. The lowest BCUT2D eigenvalue weighted by atomic mass is 9.92. The number of halogens is 1. The zero-order valence-corrected chi connectivity index (χ0v) is 21.8. The maximum absolute atomic E-state index is 12.9. The van der Waals surface area contributed by atoms with Gasteiger partial charge in [0, 0.05) is 35.3 Å². The number of carboxylic acid groups (broad SMARTS) is 1. The van der Waals surface area contributed by atoms with E-state index in [1.807, 2.05) is 42.7 Å². The molecular weight excluding hydrogens is 522 g/mol. The minimum absolute atomic E-state index is 0.0641. The molecule has 0 saturated carbocycles. The molecule has 0 bridgehead atoms. The number of pyridine rings is 1. The van der Waals surface area contributed by atoms with Crippen LogP contribution >= 0.6 is 11.6 Å². The van der Waals surface area contributed by atoms with Crippen LogP contribution in [0.1, 0.15) is 34.6 Å². The van der Waals surface area contributed by atoms with Gasteiger partial charge in [0.25, 0.3) is 5.91 Å². The molecule has 4 N–H and O–H groups in total. The van der Waals surface area contributed by atoms with Gasteiger partial charge in [-0.3, -0.25) is 9.78 Å². The number of nitrogens with one attached hydrogen (secondary N) is 1. The average Bonchev–Trinajstić information content (AvgIpc) is 3.49. The van der Waals surface area contributed by atoms with Gasteiger partial charge in [0.1, 0.15) is 5.52 Å². The molecule has 0 radical (unpaired) electrons. The molecule has 0 aliphatic heterocycles. The first-order chi connectivity index (χ1) is 18.6. The Morgan fingerprint density at radius 2 is 1.85 bits per heavy atom. The third-order valence-electron chi connectivity index (χ3n) is 6.21. The second-order valence-corrected chi connectivity index (χ2v) is 10.2. The van der Waals surface area contributed by atoms with Crippen molar-refractivity contribution in [1.29, 1.82) is 0 Å². The van der Waals surface area contributed by atoms with Crippen LogP contribution in [0.5, 0.6) is 0 Å². The zero-order valence-electron chi connectivity index (χ0n) is 21.1. The summed E-state index contributed by atoms with van der Waals surface area (Å²) in [5, 5.41) is 20.6. The van der Waals surface area contributed by atoms with Crippen molar-refractivity contribution >= 4 is 40.3 Å². The Labute approximate surface area is 227 Å². The number of nitrogens with zero attached hydrogens (tertiary/aromatic N) is 5. The van der Waals surface area contributed by atoms with Crippen LogP contribution in [0.4, 0.5) is 5.82 Å². The Hall–Kier alpha value is -4.77. The highest BCUT2D eigenvalue weighted by atomic mass is 35.5. The summed E-state index contributed by atoms with van der Waals surface area (Å²) in [7, 11) is 0. The number of amides is 1. The molecule has 12 heteroatoms. The first-order valence-corrected chi connectivity index (χ1v) is 12.3. The first kappa shape index (κ1) is 25.9. The summed E-state index contributed by atoms with van der Waals surface area (Å²) in [6, 6.07) is 15.2. The predicted octanol–water partition coefficient (Wildman–Crippen LogP) is 4.54. The van der Waals surface area contributed by atoms with Gasteiger partial charge in [-0.25, -0.2) is 14.4 Å². The van der Waals surface area contributed by atoms with Gasteiger partial charge >= 0.3 is 5.97 Å². The average molecular weight is 546 g/mol. The lowest BCUT2D eigenvalue weighted by Crippen LogP contribution is -2.37. The van der Waals surface area contributed by atoms with Crippen molar-refractivity contribution in [2.75, 3.05) is 12.3 Å². The number of carbonyl (C=O) groups is 2. The quantitative estimate of drug-likeness (QED) is 0.254. The van der Waals surface area contributed by atoms with Crippen molar-refractivity contribution in [2.24, 2.45) is 5.41 Å². The first-order valence-electron chi connectivity index (χ1n) is 11.9. The van der Waals surface area contributed by atoms with Gasteiger partial charge in [0.15, 0.2) is 17.3 Å². The molecule has 0 aliphatic carbocycles. The summed E-state index contributed by atoms with van der Waals surface area (Å²) in [5.41, 5.74) is 8.59. The van der Waals surface area contributed by atoms with Gasteiger partial charge in [0.2, 0.25) is 0 Å². The van der Waals surface area contributed by atoms with Crippen molar-refractivity contribution in [3.8, 4) is 22.8 Å². The molecule has 3 heterocycles. The van der Waals surface area contributed by atoms with Crippen molar-refractivity contribution < 1.29 is 19.3 Å². The summed E-state index contributed by atoms with van der Waals surface area (Å²) in [6.07, 6.45) is 1.68. The number of hydrogen-bond donors (Lipinski definition) is 3. The maximum Gasteiger partial charge on any atom is 0.336 e. The number of rotatable bonds is 8. The van der Waals surface area contributed by atoms with E-state index in [1.54, 1.807) is 24.4 Å². The minimum atomic E-state index is -1.17. The van der Waals surface area contributed by atoms with Crippen molar-refractivity contribution in [1.82, 2.24) is 30.2 Å². The monoisotopic (exact) mass is 545 g/mol. The summed E-state index contributed by atoms with van der Waals surface area (Å²) in [6.45, 7) is 4.55. The van der Waals surface area contributed by atoms with Gasteiger partial charge in [0.05, 0.1) is 22.3 Å². The van der Waals surface area contributed by atoms with E-state index in [2.05, 4.69) is 20.6 Å². The van der Waals surface area contributed by atoms with Crippen molar-refractivity contribution in [2.45, 2.75) is 20.4 Å². The SMILES string of the molecule is CC(C)(CNC(=O)c1ccccc1C(=O)O)Cn1c(-c2nonc2N)nc2c(-c3cccc(Cl)c3)nccc21. The molecule has 0 fully saturated rings. The zero-order chi connectivity index (χ0) is 27.7. The number of fused-ring (bicyclic) bond motifs is 1.